The Morgan fingerprint density at radius 1 is 1.30 bits per heavy atom. The van der Waals surface area contributed by atoms with Crippen LogP contribution in [0.1, 0.15) is 6.42 Å². The number of nitrogens with zero attached hydrogens (tertiary/aromatic N) is 3. The fourth-order valence-electron chi connectivity index (χ4n) is 2.33. The number of aryl methyl sites for hydroxylation is 1. The highest BCUT2D eigenvalue weighted by Gasteiger charge is 2.11. The molecule has 3 rings (SSSR count). The van der Waals surface area contributed by atoms with E-state index in [-0.39, 0.29) is 17.9 Å². The molecule has 0 fully saturated rings. The second-order valence-corrected chi connectivity index (χ2v) is 4.49. The first-order valence-corrected chi connectivity index (χ1v) is 6.37. The van der Waals surface area contributed by atoms with Gasteiger partial charge in [-0.25, -0.2) is 4.98 Å². The van der Waals surface area contributed by atoms with Crippen molar-refractivity contribution < 1.29 is 4.79 Å². The van der Waals surface area contributed by atoms with Crippen LogP contribution in [-0.2, 0) is 11.3 Å². The summed E-state index contributed by atoms with van der Waals surface area (Å²) in [5, 5.41) is 2.55. The number of nitrogens with one attached hydrogen (secondary N) is 1. The Morgan fingerprint density at radius 3 is 2.90 bits per heavy atom. The van der Waals surface area contributed by atoms with E-state index in [0.29, 0.717) is 17.7 Å². The highest BCUT2D eigenvalue weighted by Crippen LogP contribution is 2.12. The molecule has 0 unspecified atom stereocenters. The van der Waals surface area contributed by atoms with Gasteiger partial charge in [-0.2, -0.15) is 0 Å². The monoisotopic (exact) mass is 270 g/mol. The van der Waals surface area contributed by atoms with Crippen molar-refractivity contribution >= 4 is 22.6 Å². The summed E-state index contributed by atoms with van der Waals surface area (Å²) in [5.74, 6) is -0.101. The van der Waals surface area contributed by atoms with Gasteiger partial charge in [-0.1, -0.05) is 0 Å². The van der Waals surface area contributed by atoms with Crippen LogP contribution in [0.5, 0.6) is 0 Å². The summed E-state index contributed by atoms with van der Waals surface area (Å²) in [5.41, 5.74) is 1.89. The zero-order chi connectivity index (χ0) is 14.1. The third-order valence-electron chi connectivity index (χ3n) is 3.34. The predicted octanol–water partition coefficient (Wildman–Crippen LogP) is 0.785. The van der Waals surface area contributed by atoms with Crippen molar-refractivity contribution in [1.82, 2.24) is 19.3 Å². The largest absolute Gasteiger partial charge is 0.359 e. The van der Waals surface area contributed by atoms with Gasteiger partial charge < -0.3 is 9.72 Å². The maximum Gasteiger partial charge on any atom is 0.276 e. The van der Waals surface area contributed by atoms with Crippen molar-refractivity contribution in [3.05, 3.63) is 47.0 Å². The van der Waals surface area contributed by atoms with Crippen molar-refractivity contribution in [3.63, 3.8) is 0 Å². The molecule has 0 aliphatic carbocycles. The normalized spacial score (nSPS) is 11.1. The lowest BCUT2D eigenvalue weighted by Crippen LogP contribution is -2.27. The van der Waals surface area contributed by atoms with E-state index in [9.17, 15) is 9.59 Å². The second-order valence-electron chi connectivity index (χ2n) is 4.49. The van der Waals surface area contributed by atoms with E-state index in [4.69, 9.17) is 0 Å². The van der Waals surface area contributed by atoms with Gasteiger partial charge in [0, 0.05) is 32.4 Å². The van der Waals surface area contributed by atoms with E-state index in [0.717, 1.165) is 5.52 Å². The number of pyridine rings is 1. The smallest absolute Gasteiger partial charge is 0.276 e. The van der Waals surface area contributed by atoms with E-state index >= 15 is 0 Å². The van der Waals surface area contributed by atoms with Crippen LogP contribution in [-0.4, -0.2) is 26.9 Å². The summed E-state index contributed by atoms with van der Waals surface area (Å²) in [6.07, 6.45) is 3.73. The van der Waals surface area contributed by atoms with Gasteiger partial charge in [0.15, 0.2) is 5.65 Å². The Labute approximate surface area is 114 Å². The number of carbonyl (C=O) groups is 1. The van der Waals surface area contributed by atoms with Crippen molar-refractivity contribution in [1.29, 1.82) is 0 Å². The van der Waals surface area contributed by atoms with Gasteiger partial charge in [0.25, 0.3) is 5.56 Å². The zero-order valence-corrected chi connectivity index (χ0v) is 11.0. The number of fused-ring (bicyclic) bond motifs is 3. The number of carbonyl (C=O) groups excluding carboxylic acids is 1. The molecule has 0 bridgehead atoms. The minimum atomic E-state index is -0.134. The molecule has 1 amide bonds. The molecule has 0 saturated heterocycles. The standard InChI is InChI=1S/C14H14N4O2/c1-15-12(19)6-9-18-13-10(4-2-7-16-13)17-8-3-5-11(17)14(18)20/h2-5,7-8H,6,9H2,1H3,(H,15,19). The molecular formula is C14H14N4O2. The van der Waals surface area contributed by atoms with E-state index in [2.05, 4.69) is 10.3 Å². The van der Waals surface area contributed by atoms with Gasteiger partial charge >= 0.3 is 0 Å². The van der Waals surface area contributed by atoms with Gasteiger partial charge in [-0.05, 0) is 24.3 Å². The quantitative estimate of drug-likeness (QED) is 0.765. The lowest BCUT2D eigenvalue weighted by atomic mass is 10.3. The van der Waals surface area contributed by atoms with E-state index in [1.54, 1.807) is 23.9 Å². The van der Waals surface area contributed by atoms with Crippen LogP contribution in [0.25, 0.3) is 16.7 Å². The topological polar surface area (TPSA) is 68.4 Å². The molecular weight excluding hydrogens is 256 g/mol. The van der Waals surface area contributed by atoms with Crippen LogP contribution >= 0.6 is 0 Å². The van der Waals surface area contributed by atoms with Gasteiger partial charge in [0.1, 0.15) is 5.52 Å². The third kappa shape index (κ3) is 1.85. The lowest BCUT2D eigenvalue weighted by Gasteiger charge is -2.11. The minimum absolute atomic E-state index is 0.101. The van der Waals surface area contributed by atoms with Gasteiger partial charge in [-0.15, -0.1) is 0 Å². The van der Waals surface area contributed by atoms with E-state index in [1.807, 2.05) is 28.8 Å². The van der Waals surface area contributed by atoms with Crippen LogP contribution in [0.3, 0.4) is 0 Å². The summed E-state index contributed by atoms with van der Waals surface area (Å²) in [4.78, 5) is 28.2. The molecule has 0 aliphatic rings. The fraction of sp³-hybridized carbons (Fsp3) is 0.214. The van der Waals surface area contributed by atoms with E-state index in [1.165, 1.54) is 0 Å². The summed E-state index contributed by atoms with van der Waals surface area (Å²) < 4.78 is 3.38. The Hall–Kier alpha value is -2.63. The third-order valence-corrected chi connectivity index (χ3v) is 3.34. The van der Waals surface area contributed by atoms with Crippen molar-refractivity contribution in [3.8, 4) is 0 Å². The van der Waals surface area contributed by atoms with Gasteiger partial charge in [0.05, 0.1) is 5.52 Å². The first-order chi connectivity index (χ1) is 9.72. The molecule has 0 aliphatic heterocycles. The molecule has 6 heteroatoms. The molecule has 0 radical (unpaired) electrons. The van der Waals surface area contributed by atoms with E-state index < -0.39 is 0 Å². The maximum absolute atomic E-state index is 12.5. The summed E-state index contributed by atoms with van der Waals surface area (Å²) in [6.45, 7) is 0.313. The number of hydrogen-bond acceptors (Lipinski definition) is 3. The molecule has 0 aromatic carbocycles. The summed E-state index contributed by atoms with van der Waals surface area (Å²) in [7, 11) is 1.58. The van der Waals surface area contributed by atoms with Crippen molar-refractivity contribution in [2.45, 2.75) is 13.0 Å². The van der Waals surface area contributed by atoms with Crippen LogP contribution in [0, 0.1) is 0 Å². The molecule has 1 N–H and O–H groups in total. The summed E-state index contributed by atoms with van der Waals surface area (Å²) in [6, 6.07) is 7.33. The Balaban J connectivity index is 2.24. The lowest BCUT2D eigenvalue weighted by molar-refractivity contribution is -0.120. The SMILES string of the molecule is CNC(=O)CCn1c(=O)c2cccn2c2cccnc21. The van der Waals surface area contributed by atoms with Crippen LogP contribution in [0.15, 0.2) is 41.5 Å². The average Bonchev–Trinajstić information content (AvgIpc) is 2.96. The number of rotatable bonds is 3. The molecule has 3 aromatic rings. The molecule has 0 spiro atoms. The molecule has 3 aromatic heterocycles. The molecule has 102 valence electrons. The van der Waals surface area contributed by atoms with Crippen LogP contribution < -0.4 is 10.9 Å². The molecule has 3 heterocycles. The van der Waals surface area contributed by atoms with Crippen LogP contribution in [0.4, 0.5) is 0 Å². The van der Waals surface area contributed by atoms with Gasteiger partial charge in [0.2, 0.25) is 5.91 Å². The maximum atomic E-state index is 12.5. The first-order valence-electron chi connectivity index (χ1n) is 6.37. The number of hydrogen-bond donors (Lipinski definition) is 1. The predicted molar refractivity (Wildman–Crippen MR) is 75.6 cm³/mol. The van der Waals surface area contributed by atoms with Gasteiger partial charge in [-0.3, -0.25) is 14.2 Å². The fourth-order valence-corrected chi connectivity index (χ4v) is 2.33. The van der Waals surface area contributed by atoms with Crippen LogP contribution in [0.2, 0.25) is 0 Å². The number of aromatic nitrogens is 3. The molecule has 0 saturated carbocycles. The van der Waals surface area contributed by atoms with Crippen molar-refractivity contribution in [2.75, 3.05) is 7.05 Å². The molecule has 20 heavy (non-hydrogen) atoms. The zero-order valence-electron chi connectivity index (χ0n) is 11.0. The van der Waals surface area contributed by atoms with Crippen molar-refractivity contribution in [2.24, 2.45) is 0 Å². The molecule has 6 nitrogen and oxygen atoms in total. The number of amides is 1. The Morgan fingerprint density at radius 2 is 2.10 bits per heavy atom. The Bertz CT molecular complexity index is 847. The summed E-state index contributed by atoms with van der Waals surface area (Å²) >= 11 is 0. The highest BCUT2D eigenvalue weighted by atomic mass is 16.1. The highest BCUT2D eigenvalue weighted by molar-refractivity contribution is 5.77. The molecule has 0 atom stereocenters. The first kappa shape index (κ1) is 12.4. The minimum Gasteiger partial charge on any atom is -0.359 e. The second kappa shape index (κ2) is 4.80. The Kier molecular flexibility index (Phi) is 2.98. The average molecular weight is 270 g/mol.